The number of rotatable bonds is 1. The molecule has 4 nitrogen and oxygen atoms in total. The number of benzene rings is 1. The first-order valence-corrected chi connectivity index (χ1v) is 7.47. The molecular formula is C16H10N2O2S. The first kappa shape index (κ1) is 12.3. The minimum Gasteiger partial charge on any atom is -0.478 e. The predicted octanol–water partition coefficient (Wildman–Crippen LogP) is 3.60. The summed E-state index contributed by atoms with van der Waals surface area (Å²) in [5, 5.41) is 11.2. The monoisotopic (exact) mass is 294 g/mol. The van der Waals surface area contributed by atoms with E-state index in [2.05, 4.69) is 9.97 Å². The molecule has 0 unspecified atom stereocenters. The summed E-state index contributed by atoms with van der Waals surface area (Å²) in [5.41, 5.74) is 3.50. The van der Waals surface area contributed by atoms with Crippen LogP contribution in [0.1, 0.15) is 15.9 Å². The van der Waals surface area contributed by atoms with Crippen molar-refractivity contribution in [1.82, 2.24) is 9.97 Å². The smallest absolute Gasteiger partial charge is 0.336 e. The van der Waals surface area contributed by atoms with Crippen LogP contribution in [0.25, 0.3) is 22.2 Å². The highest BCUT2D eigenvalue weighted by Gasteiger charge is 2.26. The van der Waals surface area contributed by atoms with Gasteiger partial charge in [-0.25, -0.2) is 14.8 Å². The van der Waals surface area contributed by atoms with Gasteiger partial charge < -0.3 is 5.11 Å². The van der Waals surface area contributed by atoms with E-state index in [0.29, 0.717) is 22.2 Å². The van der Waals surface area contributed by atoms with Gasteiger partial charge in [-0.1, -0.05) is 18.2 Å². The van der Waals surface area contributed by atoms with Crippen LogP contribution in [0.15, 0.2) is 47.6 Å². The number of hydrogen-bond donors (Lipinski definition) is 1. The predicted molar refractivity (Wildman–Crippen MR) is 81.5 cm³/mol. The second-order valence-electron chi connectivity index (χ2n) is 4.78. The Hall–Kier alpha value is -2.40. The number of thioether (sulfide) groups is 1. The Morgan fingerprint density at radius 1 is 1.19 bits per heavy atom. The molecule has 3 heterocycles. The molecule has 4 rings (SSSR count). The standard InChI is InChI=1S/C16H10N2O2S/c19-16(20)13-9-4-1-2-6-12(9)18-14-10-5-3-7-17-15(10)21-8-11(13)14/h1-7H,8H2,(H,19,20). The van der Waals surface area contributed by atoms with E-state index < -0.39 is 5.97 Å². The molecule has 102 valence electrons. The summed E-state index contributed by atoms with van der Waals surface area (Å²) >= 11 is 1.56. The molecule has 0 atom stereocenters. The summed E-state index contributed by atoms with van der Waals surface area (Å²) in [5.74, 6) is -0.323. The van der Waals surface area contributed by atoms with E-state index >= 15 is 0 Å². The molecule has 5 heteroatoms. The number of para-hydroxylation sites is 1. The summed E-state index contributed by atoms with van der Waals surface area (Å²) in [6, 6.07) is 11.2. The fourth-order valence-corrected chi connectivity index (χ4v) is 3.70. The SMILES string of the molecule is O=C(O)c1c2c(nc3ccccc13)-c1cccnc1SC2. The Labute approximate surface area is 124 Å². The first-order valence-electron chi connectivity index (χ1n) is 6.49. The molecule has 0 fully saturated rings. The van der Waals surface area contributed by atoms with Gasteiger partial charge in [-0.2, -0.15) is 0 Å². The summed E-state index contributed by atoms with van der Waals surface area (Å²) in [4.78, 5) is 20.8. The minimum atomic E-state index is -0.905. The molecule has 1 N–H and O–H groups in total. The van der Waals surface area contributed by atoms with Crippen LogP contribution >= 0.6 is 11.8 Å². The molecule has 0 saturated carbocycles. The third-order valence-electron chi connectivity index (χ3n) is 3.59. The molecule has 0 aliphatic carbocycles. The zero-order valence-corrected chi connectivity index (χ0v) is 11.7. The van der Waals surface area contributed by atoms with E-state index in [-0.39, 0.29) is 0 Å². The third kappa shape index (κ3) is 1.81. The van der Waals surface area contributed by atoms with Crippen molar-refractivity contribution in [2.45, 2.75) is 10.8 Å². The molecule has 1 aromatic carbocycles. The molecule has 3 aromatic rings. The van der Waals surface area contributed by atoms with Crippen molar-refractivity contribution in [2.75, 3.05) is 0 Å². The van der Waals surface area contributed by atoms with Crippen molar-refractivity contribution in [1.29, 1.82) is 0 Å². The molecular weight excluding hydrogens is 284 g/mol. The Kier molecular flexibility index (Phi) is 2.68. The van der Waals surface area contributed by atoms with Crippen molar-refractivity contribution < 1.29 is 9.90 Å². The minimum absolute atomic E-state index is 0.359. The van der Waals surface area contributed by atoms with Crippen LogP contribution in [-0.2, 0) is 5.75 Å². The van der Waals surface area contributed by atoms with E-state index in [4.69, 9.17) is 0 Å². The average Bonchev–Trinajstić information content (AvgIpc) is 2.52. The Balaban J connectivity index is 2.15. The molecule has 0 spiro atoms. The number of carboxylic acid groups (broad SMARTS) is 1. The lowest BCUT2D eigenvalue weighted by Crippen LogP contribution is -2.10. The van der Waals surface area contributed by atoms with Gasteiger partial charge >= 0.3 is 5.97 Å². The van der Waals surface area contributed by atoms with Gasteiger partial charge in [-0.05, 0) is 18.2 Å². The lowest BCUT2D eigenvalue weighted by molar-refractivity contribution is 0.0698. The van der Waals surface area contributed by atoms with Crippen LogP contribution in [0.5, 0.6) is 0 Å². The van der Waals surface area contributed by atoms with Gasteiger partial charge in [0, 0.05) is 28.5 Å². The summed E-state index contributed by atoms with van der Waals surface area (Å²) in [6.07, 6.45) is 1.75. The number of aromatic carboxylic acids is 1. The number of aromatic nitrogens is 2. The van der Waals surface area contributed by atoms with Crippen LogP contribution in [0.4, 0.5) is 0 Å². The van der Waals surface area contributed by atoms with Crippen LogP contribution in [0, 0.1) is 0 Å². The molecule has 0 radical (unpaired) electrons. The topological polar surface area (TPSA) is 63.1 Å². The van der Waals surface area contributed by atoms with Crippen LogP contribution in [-0.4, -0.2) is 21.0 Å². The summed E-state index contributed by atoms with van der Waals surface area (Å²) in [6.45, 7) is 0. The number of hydrogen-bond acceptors (Lipinski definition) is 4. The van der Waals surface area contributed by atoms with Crippen molar-refractivity contribution in [2.24, 2.45) is 0 Å². The zero-order valence-electron chi connectivity index (χ0n) is 10.9. The number of carbonyl (C=O) groups is 1. The number of fused-ring (bicyclic) bond motifs is 4. The maximum absolute atomic E-state index is 11.7. The van der Waals surface area contributed by atoms with Crippen molar-refractivity contribution >= 4 is 28.6 Å². The van der Waals surface area contributed by atoms with Crippen molar-refractivity contribution in [3.63, 3.8) is 0 Å². The zero-order chi connectivity index (χ0) is 14.4. The highest BCUT2D eigenvalue weighted by molar-refractivity contribution is 7.98. The molecule has 0 saturated heterocycles. The number of carboxylic acids is 1. The Morgan fingerprint density at radius 3 is 2.90 bits per heavy atom. The number of nitrogens with zero attached hydrogens (tertiary/aromatic N) is 2. The summed E-state index contributed by atoms with van der Waals surface area (Å²) < 4.78 is 0. The third-order valence-corrected chi connectivity index (χ3v) is 4.62. The van der Waals surface area contributed by atoms with Gasteiger partial charge in [0.15, 0.2) is 0 Å². The fourth-order valence-electron chi connectivity index (χ4n) is 2.69. The van der Waals surface area contributed by atoms with E-state index in [1.807, 2.05) is 36.4 Å². The molecule has 2 aromatic heterocycles. The van der Waals surface area contributed by atoms with Crippen molar-refractivity contribution in [3.8, 4) is 11.3 Å². The maximum atomic E-state index is 11.7. The van der Waals surface area contributed by atoms with Gasteiger partial charge in [0.1, 0.15) is 5.03 Å². The van der Waals surface area contributed by atoms with E-state index in [1.54, 1.807) is 18.0 Å². The molecule has 1 aliphatic heterocycles. The molecule has 0 amide bonds. The van der Waals surface area contributed by atoms with Crippen LogP contribution in [0.2, 0.25) is 0 Å². The van der Waals surface area contributed by atoms with Gasteiger partial charge in [0.05, 0.1) is 16.8 Å². The Bertz CT molecular complexity index is 893. The lowest BCUT2D eigenvalue weighted by atomic mass is 9.98. The second kappa shape index (κ2) is 4.56. The Morgan fingerprint density at radius 2 is 2.05 bits per heavy atom. The molecule has 21 heavy (non-hydrogen) atoms. The largest absolute Gasteiger partial charge is 0.478 e. The maximum Gasteiger partial charge on any atom is 0.336 e. The van der Waals surface area contributed by atoms with Gasteiger partial charge in [0.2, 0.25) is 0 Å². The van der Waals surface area contributed by atoms with Gasteiger partial charge in [-0.3, -0.25) is 0 Å². The van der Waals surface area contributed by atoms with E-state index in [9.17, 15) is 9.90 Å². The van der Waals surface area contributed by atoms with Crippen LogP contribution in [0.3, 0.4) is 0 Å². The fraction of sp³-hybridized carbons (Fsp3) is 0.0625. The van der Waals surface area contributed by atoms with E-state index in [1.165, 1.54) is 0 Å². The highest BCUT2D eigenvalue weighted by Crippen LogP contribution is 2.42. The van der Waals surface area contributed by atoms with Crippen LogP contribution < -0.4 is 0 Å². The van der Waals surface area contributed by atoms with Gasteiger partial charge in [0.25, 0.3) is 0 Å². The summed E-state index contributed by atoms with van der Waals surface area (Å²) in [7, 11) is 0. The molecule has 0 bridgehead atoms. The normalized spacial score (nSPS) is 12.8. The molecule has 1 aliphatic rings. The highest BCUT2D eigenvalue weighted by atomic mass is 32.2. The number of pyridine rings is 2. The quantitative estimate of drug-likeness (QED) is 0.743. The van der Waals surface area contributed by atoms with Gasteiger partial charge in [-0.15, -0.1) is 11.8 Å². The average molecular weight is 294 g/mol. The lowest BCUT2D eigenvalue weighted by Gasteiger charge is -2.20. The van der Waals surface area contributed by atoms with Crippen molar-refractivity contribution in [3.05, 3.63) is 53.7 Å². The first-order chi connectivity index (χ1) is 10.3. The second-order valence-corrected chi connectivity index (χ2v) is 5.75. The van der Waals surface area contributed by atoms with E-state index in [0.717, 1.165) is 21.8 Å².